The Morgan fingerprint density at radius 1 is 1.11 bits per heavy atom. The highest BCUT2D eigenvalue weighted by Gasteiger charge is 2.25. The van der Waals surface area contributed by atoms with Gasteiger partial charge in [-0.1, -0.05) is 30.3 Å². The number of benzene rings is 2. The van der Waals surface area contributed by atoms with Gasteiger partial charge in [-0.25, -0.2) is 9.59 Å². The number of carboxylic acids is 2. The van der Waals surface area contributed by atoms with Crippen LogP contribution in [-0.2, 0) is 16.0 Å². The molecule has 0 saturated heterocycles. The van der Waals surface area contributed by atoms with Crippen LogP contribution in [0.15, 0.2) is 51.7 Å². The van der Waals surface area contributed by atoms with Gasteiger partial charge in [0.25, 0.3) is 0 Å². The van der Waals surface area contributed by atoms with E-state index in [-0.39, 0.29) is 16.9 Å². The maximum absolute atomic E-state index is 12.2. The first-order chi connectivity index (χ1) is 13.3. The van der Waals surface area contributed by atoms with E-state index in [4.69, 9.17) is 14.3 Å². The molecule has 144 valence electrons. The zero-order valence-corrected chi connectivity index (χ0v) is 15.3. The van der Waals surface area contributed by atoms with Gasteiger partial charge >= 0.3 is 17.6 Å². The minimum absolute atomic E-state index is 0.000268. The van der Waals surface area contributed by atoms with E-state index in [1.807, 2.05) is 0 Å². The van der Waals surface area contributed by atoms with Crippen LogP contribution in [0.5, 0.6) is 5.75 Å². The molecule has 1 atom stereocenters. The van der Waals surface area contributed by atoms with Gasteiger partial charge in [-0.3, -0.25) is 4.79 Å². The highest BCUT2D eigenvalue weighted by molar-refractivity contribution is 5.89. The molecule has 7 nitrogen and oxygen atoms in total. The zero-order chi connectivity index (χ0) is 20.4. The van der Waals surface area contributed by atoms with Crippen molar-refractivity contribution in [3.63, 3.8) is 0 Å². The van der Waals surface area contributed by atoms with Crippen molar-refractivity contribution >= 4 is 22.9 Å². The quantitative estimate of drug-likeness (QED) is 0.629. The molecule has 3 aromatic rings. The number of carboxylic acid groups (broad SMARTS) is 2. The molecule has 0 saturated carbocycles. The highest BCUT2D eigenvalue weighted by atomic mass is 16.5. The van der Waals surface area contributed by atoms with Crippen LogP contribution in [-0.4, -0.2) is 22.2 Å². The van der Waals surface area contributed by atoms with E-state index >= 15 is 0 Å². The van der Waals surface area contributed by atoms with E-state index in [0.29, 0.717) is 22.1 Å². The number of aliphatic carboxylic acids is 2. The van der Waals surface area contributed by atoms with E-state index < -0.39 is 30.1 Å². The Morgan fingerprint density at radius 2 is 1.79 bits per heavy atom. The van der Waals surface area contributed by atoms with Gasteiger partial charge in [0.2, 0.25) is 6.10 Å². The summed E-state index contributed by atoms with van der Waals surface area (Å²) < 4.78 is 11.1. The molecule has 0 radical (unpaired) electrons. The Balaban J connectivity index is 2.20. The van der Waals surface area contributed by atoms with E-state index in [1.54, 1.807) is 56.3 Å². The molecule has 0 aliphatic carbocycles. The second-order valence-electron chi connectivity index (χ2n) is 6.45. The van der Waals surface area contributed by atoms with Gasteiger partial charge in [0, 0.05) is 5.56 Å². The SMILES string of the molecule is Cc1cc(O[C@H](C(=O)O)c2ccccc2)c2c(C)c(CC(=O)O)c(=O)oc2c1. The van der Waals surface area contributed by atoms with Crippen molar-refractivity contribution in [1.82, 2.24) is 0 Å². The van der Waals surface area contributed by atoms with E-state index in [1.165, 1.54) is 0 Å². The fourth-order valence-corrected chi connectivity index (χ4v) is 3.10. The van der Waals surface area contributed by atoms with Gasteiger partial charge in [-0.15, -0.1) is 0 Å². The largest absolute Gasteiger partial charge is 0.481 e. The summed E-state index contributed by atoms with van der Waals surface area (Å²) >= 11 is 0. The summed E-state index contributed by atoms with van der Waals surface area (Å²) in [5.74, 6) is -2.14. The summed E-state index contributed by atoms with van der Waals surface area (Å²) in [5.41, 5.74) is 1.02. The predicted molar refractivity (Wildman–Crippen MR) is 101 cm³/mol. The number of rotatable bonds is 6. The number of hydrogen-bond donors (Lipinski definition) is 2. The third-order valence-electron chi connectivity index (χ3n) is 4.39. The second-order valence-corrected chi connectivity index (χ2v) is 6.45. The van der Waals surface area contributed by atoms with Crippen molar-refractivity contribution in [2.75, 3.05) is 0 Å². The first kappa shape index (κ1) is 19.2. The fourth-order valence-electron chi connectivity index (χ4n) is 3.10. The van der Waals surface area contributed by atoms with Crippen molar-refractivity contribution in [3.05, 3.63) is 75.1 Å². The summed E-state index contributed by atoms with van der Waals surface area (Å²) in [4.78, 5) is 35.1. The molecule has 28 heavy (non-hydrogen) atoms. The lowest BCUT2D eigenvalue weighted by Crippen LogP contribution is -2.19. The van der Waals surface area contributed by atoms with Crippen LogP contribution >= 0.6 is 0 Å². The molecule has 7 heteroatoms. The monoisotopic (exact) mass is 382 g/mol. The minimum atomic E-state index is -1.28. The topological polar surface area (TPSA) is 114 Å². The highest BCUT2D eigenvalue weighted by Crippen LogP contribution is 2.34. The number of carbonyl (C=O) groups is 2. The molecular weight excluding hydrogens is 364 g/mol. The number of aryl methyl sites for hydroxylation is 2. The molecule has 0 aliphatic heterocycles. The molecule has 0 amide bonds. The van der Waals surface area contributed by atoms with Crippen molar-refractivity contribution in [2.24, 2.45) is 0 Å². The summed E-state index contributed by atoms with van der Waals surface area (Å²) in [6, 6.07) is 11.7. The number of ether oxygens (including phenoxy) is 1. The lowest BCUT2D eigenvalue weighted by atomic mass is 10.0. The van der Waals surface area contributed by atoms with E-state index in [0.717, 1.165) is 0 Å². The Hall–Kier alpha value is -3.61. The van der Waals surface area contributed by atoms with Crippen LogP contribution in [0, 0.1) is 13.8 Å². The molecule has 3 rings (SSSR count). The molecule has 2 aromatic carbocycles. The maximum atomic E-state index is 12.2. The molecular formula is C21H18O7. The average Bonchev–Trinajstić information content (AvgIpc) is 2.62. The van der Waals surface area contributed by atoms with Gasteiger partial charge in [0.15, 0.2) is 0 Å². The molecule has 2 N–H and O–H groups in total. The van der Waals surface area contributed by atoms with Crippen LogP contribution in [0.1, 0.15) is 28.4 Å². The Labute approximate surface area is 159 Å². The molecule has 1 heterocycles. The van der Waals surface area contributed by atoms with Gasteiger partial charge in [0.05, 0.1) is 17.4 Å². The van der Waals surface area contributed by atoms with Gasteiger partial charge < -0.3 is 19.4 Å². The van der Waals surface area contributed by atoms with Gasteiger partial charge in [0.1, 0.15) is 11.3 Å². The first-order valence-corrected chi connectivity index (χ1v) is 8.51. The van der Waals surface area contributed by atoms with Crippen LogP contribution in [0.2, 0.25) is 0 Å². The third-order valence-corrected chi connectivity index (χ3v) is 4.39. The lowest BCUT2D eigenvalue weighted by Gasteiger charge is -2.18. The molecule has 0 aliphatic rings. The third kappa shape index (κ3) is 3.73. The Kier molecular flexibility index (Phi) is 5.17. The molecule has 1 aromatic heterocycles. The smallest absolute Gasteiger partial charge is 0.349 e. The molecule has 0 unspecified atom stereocenters. The Morgan fingerprint density at radius 3 is 2.39 bits per heavy atom. The van der Waals surface area contributed by atoms with Gasteiger partial charge in [-0.2, -0.15) is 0 Å². The maximum Gasteiger partial charge on any atom is 0.349 e. The lowest BCUT2D eigenvalue weighted by molar-refractivity contribution is -0.145. The van der Waals surface area contributed by atoms with Crippen LogP contribution < -0.4 is 10.4 Å². The van der Waals surface area contributed by atoms with Gasteiger partial charge in [-0.05, 0) is 37.1 Å². The predicted octanol–water partition coefficient (Wildman–Crippen LogP) is 3.24. The molecule has 0 bridgehead atoms. The van der Waals surface area contributed by atoms with Crippen molar-refractivity contribution in [1.29, 1.82) is 0 Å². The first-order valence-electron chi connectivity index (χ1n) is 8.51. The zero-order valence-electron chi connectivity index (χ0n) is 15.3. The standard InChI is InChI=1S/C21H18O7/c1-11-8-15(27-19(20(24)25)13-6-4-3-5-7-13)18-12(2)14(10-17(22)23)21(26)28-16(18)9-11/h3-9,19H,10H2,1-2H3,(H,22,23)(H,24,25)/t19-/m0/s1. The Bertz CT molecular complexity index is 1110. The van der Waals surface area contributed by atoms with Crippen LogP contribution in [0.3, 0.4) is 0 Å². The molecule has 0 fully saturated rings. The number of fused-ring (bicyclic) bond motifs is 1. The van der Waals surface area contributed by atoms with E-state index in [2.05, 4.69) is 0 Å². The van der Waals surface area contributed by atoms with Crippen LogP contribution in [0.4, 0.5) is 0 Å². The summed E-state index contributed by atoms with van der Waals surface area (Å²) in [5, 5.41) is 19.1. The second kappa shape index (κ2) is 7.56. The fraction of sp³-hybridized carbons (Fsp3) is 0.190. The average molecular weight is 382 g/mol. The van der Waals surface area contributed by atoms with Crippen molar-refractivity contribution in [3.8, 4) is 5.75 Å². The van der Waals surface area contributed by atoms with E-state index in [9.17, 15) is 19.5 Å². The number of hydrogen-bond acceptors (Lipinski definition) is 5. The summed E-state index contributed by atoms with van der Waals surface area (Å²) in [7, 11) is 0. The normalized spacial score (nSPS) is 11.9. The molecule has 0 spiro atoms. The van der Waals surface area contributed by atoms with Crippen molar-refractivity contribution < 1.29 is 29.0 Å². The summed E-state index contributed by atoms with van der Waals surface area (Å²) in [6.07, 6.45) is -1.78. The van der Waals surface area contributed by atoms with Crippen LogP contribution in [0.25, 0.3) is 11.0 Å². The summed E-state index contributed by atoms with van der Waals surface area (Å²) in [6.45, 7) is 3.35. The minimum Gasteiger partial charge on any atom is -0.481 e. The van der Waals surface area contributed by atoms with Crippen molar-refractivity contribution in [2.45, 2.75) is 26.4 Å².